The number of furan rings is 1. The third kappa shape index (κ3) is 4.51. The fraction of sp³-hybridized carbons (Fsp3) is 0.0192. The molecule has 0 saturated heterocycles. The number of benzene rings is 8. The van der Waals surface area contributed by atoms with E-state index in [1.807, 2.05) is 17.8 Å². The van der Waals surface area contributed by atoms with Crippen LogP contribution in [0, 0.1) is 0 Å². The topological polar surface area (TPSA) is 31.0 Å². The van der Waals surface area contributed by atoms with Gasteiger partial charge >= 0.3 is 0 Å². The standard InChI is InChI=1S/C52H32N2OS/c1-3-14-35(15-4-1)51-53-45-30-37(27-28-46(45)54(51)38-16-5-2-6-17-38)36-26-25-34-24-23-33-13-7-9-19-41(33)52(43(34)29-36)42-20-10-12-22-49(42)56-50-31-40-39-18-8-11-21-47(39)55-48(40)32-44(50)52/h1-32H. The maximum Gasteiger partial charge on any atom is 0.145 e. The van der Waals surface area contributed by atoms with Gasteiger partial charge in [0.15, 0.2) is 0 Å². The Morgan fingerprint density at radius 3 is 2.04 bits per heavy atom. The summed E-state index contributed by atoms with van der Waals surface area (Å²) in [6.45, 7) is 0. The van der Waals surface area contributed by atoms with E-state index in [0.717, 1.165) is 61.2 Å². The van der Waals surface area contributed by atoms with Gasteiger partial charge in [-0.3, -0.25) is 4.57 Å². The molecule has 1 spiro atoms. The highest BCUT2D eigenvalue weighted by atomic mass is 32.2. The number of nitrogens with zero attached hydrogens (tertiary/aromatic N) is 2. The molecule has 10 aromatic rings. The SMILES string of the molecule is C1=Cc2ccc(-c3ccc4c(c3)nc(-c3ccccc3)n4-c3ccccc3)cc2C2(c3ccccc31)c1ccccc1Sc1cc3c(cc12)oc1ccccc13. The fourth-order valence-corrected chi connectivity index (χ4v) is 10.4. The van der Waals surface area contributed by atoms with E-state index in [9.17, 15) is 0 Å². The van der Waals surface area contributed by atoms with Crippen molar-refractivity contribution in [2.75, 3.05) is 0 Å². The second-order valence-corrected chi connectivity index (χ2v) is 15.8. The first-order valence-corrected chi connectivity index (χ1v) is 19.8. The summed E-state index contributed by atoms with van der Waals surface area (Å²) >= 11 is 1.86. The van der Waals surface area contributed by atoms with Crippen molar-refractivity contribution < 1.29 is 4.42 Å². The number of hydrogen-bond donors (Lipinski definition) is 0. The molecular weight excluding hydrogens is 701 g/mol. The predicted molar refractivity (Wildman–Crippen MR) is 231 cm³/mol. The average molecular weight is 733 g/mol. The minimum absolute atomic E-state index is 0.616. The molecule has 8 aromatic carbocycles. The zero-order valence-electron chi connectivity index (χ0n) is 30.2. The highest BCUT2D eigenvalue weighted by Crippen LogP contribution is 2.59. The van der Waals surface area contributed by atoms with Crippen LogP contribution in [-0.4, -0.2) is 9.55 Å². The highest BCUT2D eigenvalue weighted by Gasteiger charge is 2.47. The maximum absolute atomic E-state index is 6.62. The van der Waals surface area contributed by atoms with Gasteiger partial charge in [-0.05, 0) is 99.1 Å². The molecule has 1 unspecified atom stereocenters. The van der Waals surface area contributed by atoms with Crippen LogP contribution in [0.3, 0.4) is 0 Å². The van der Waals surface area contributed by atoms with Gasteiger partial charge in [0.05, 0.1) is 16.4 Å². The second kappa shape index (κ2) is 12.1. The van der Waals surface area contributed by atoms with E-state index in [4.69, 9.17) is 9.40 Å². The lowest BCUT2D eigenvalue weighted by molar-refractivity contribution is 0.659. The van der Waals surface area contributed by atoms with Crippen LogP contribution in [0.5, 0.6) is 0 Å². The van der Waals surface area contributed by atoms with Crippen LogP contribution in [0.25, 0.3) is 73.3 Å². The monoisotopic (exact) mass is 732 g/mol. The summed E-state index contributed by atoms with van der Waals surface area (Å²) < 4.78 is 8.90. The molecule has 3 heterocycles. The second-order valence-electron chi connectivity index (χ2n) is 14.7. The molecule has 1 aliphatic heterocycles. The predicted octanol–water partition coefficient (Wildman–Crippen LogP) is 13.6. The summed E-state index contributed by atoms with van der Waals surface area (Å²) in [5.41, 5.74) is 15.1. The molecule has 0 radical (unpaired) electrons. The maximum atomic E-state index is 6.62. The van der Waals surface area contributed by atoms with Gasteiger partial charge in [-0.2, -0.15) is 0 Å². The van der Waals surface area contributed by atoms with Gasteiger partial charge in [0, 0.05) is 31.8 Å². The Labute approximate surface area is 328 Å². The molecule has 0 saturated carbocycles. The Morgan fingerprint density at radius 1 is 0.464 bits per heavy atom. The summed E-state index contributed by atoms with van der Waals surface area (Å²) in [5, 5.41) is 2.29. The average Bonchev–Trinajstić information content (AvgIpc) is 3.79. The summed E-state index contributed by atoms with van der Waals surface area (Å²) in [5.74, 6) is 0.927. The van der Waals surface area contributed by atoms with Crippen molar-refractivity contribution in [3.63, 3.8) is 0 Å². The van der Waals surface area contributed by atoms with E-state index >= 15 is 0 Å². The van der Waals surface area contributed by atoms with Crippen LogP contribution in [0.15, 0.2) is 196 Å². The van der Waals surface area contributed by atoms with Crippen molar-refractivity contribution in [2.45, 2.75) is 15.2 Å². The zero-order valence-corrected chi connectivity index (χ0v) is 31.0. The molecule has 56 heavy (non-hydrogen) atoms. The molecule has 0 bridgehead atoms. The van der Waals surface area contributed by atoms with Crippen molar-refractivity contribution in [3.8, 4) is 28.2 Å². The summed E-state index contributed by atoms with van der Waals surface area (Å²) in [6, 6.07) is 65.7. The minimum Gasteiger partial charge on any atom is -0.456 e. The zero-order chi connectivity index (χ0) is 36.8. The molecule has 0 amide bonds. The van der Waals surface area contributed by atoms with Gasteiger partial charge in [-0.15, -0.1) is 0 Å². The molecule has 3 nitrogen and oxygen atoms in total. The summed E-state index contributed by atoms with van der Waals surface area (Å²) in [6.07, 6.45) is 4.59. The normalized spacial score (nSPS) is 15.4. The van der Waals surface area contributed by atoms with E-state index in [-0.39, 0.29) is 0 Å². The van der Waals surface area contributed by atoms with Crippen LogP contribution < -0.4 is 0 Å². The van der Waals surface area contributed by atoms with Crippen LogP contribution >= 0.6 is 11.8 Å². The Bertz CT molecular complexity index is 3230. The van der Waals surface area contributed by atoms with Gasteiger partial charge in [0.1, 0.15) is 17.0 Å². The van der Waals surface area contributed by atoms with Crippen molar-refractivity contribution >= 4 is 56.9 Å². The van der Waals surface area contributed by atoms with E-state index in [2.05, 4.69) is 193 Å². The van der Waals surface area contributed by atoms with Crippen molar-refractivity contribution in [1.82, 2.24) is 9.55 Å². The summed E-state index contributed by atoms with van der Waals surface area (Å²) in [4.78, 5) is 7.82. The van der Waals surface area contributed by atoms with E-state index < -0.39 is 5.41 Å². The summed E-state index contributed by atoms with van der Waals surface area (Å²) in [7, 11) is 0. The number of para-hydroxylation sites is 2. The smallest absolute Gasteiger partial charge is 0.145 e. The molecule has 12 rings (SSSR count). The number of fused-ring (bicyclic) bond motifs is 12. The lowest BCUT2D eigenvalue weighted by Crippen LogP contribution is -2.35. The van der Waals surface area contributed by atoms with Gasteiger partial charge in [0.25, 0.3) is 0 Å². The number of hydrogen-bond acceptors (Lipinski definition) is 3. The van der Waals surface area contributed by atoms with E-state index in [1.54, 1.807) is 0 Å². The molecule has 1 aliphatic carbocycles. The Balaban J connectivity index is 1.13. The van der Waals surface area contributed by atoms with Crippen LogP contribution in [0.4, 0.5) is 0 Å². The highest BCUT2D eigenvalue weighted by molar-refractivity contribution is 7.99. The van der Waals surface area contributed by atoms with E-state index in [0.29, 0.717) is 0 Å². The number of aromatic nitrogens is 2. The van der Waals surface area contributed by atoms with Crippen molar-refractivity contribution in [1.29, 1.82) is 0 Å². The van der Waals surface area contributed by atoms with Crippen molar-refractivity contribution in [2.24, 2.45) is 0 Å². The third-order valence-corrected chi connectivity index (χ3v) is 12.8. The quantitative estimate of drug-likeness (QED) is 0.181. The van der Waals surface area contributed by atoms with Gasteiger partial charge in [-0.25, -0.2) is 4.98 Å². The van der Waals surface area contributed by atoms with Crippen LogP contribution in [0.1, 0.15) is 33.4 Å². The van der Waals surface area contributed by atoms with E-state index in [1.165, 1.54) is 43.2 Å². The Morgan fingerprint density at radius 2 is 1.16 bits per heavy atom. The molecule has 2 aromatic heterocycles. The first-order valence-electron chi connectivity index (χ1n) is 19.0. The lowest BCUT2D eigenvalue weighted by atomic mass is 9.63. The lowest BCUT2D eigenvalue weighted by Gasteiger charge is -2.43. The van der Waals surface area contributed by atoms with Crippen LogP contribution in [0.2, 0.25) is 0 Å². The number of imidazole rings is 1. The Hall–Kier alpha value is -6.88. The van der Waals surface area contributed by atoms with Gasteiger partial charge < -0.3 is 4.42 Å². The molecule has 1 atom stereocenters. The first kappa shape index (κ1) is 31.5. The molecule has 4 heteroatoms. The van der Waals surface area contributed by atoms with Gasteiger partial charge in [0.2, 0.25) is 0 Å². The molecule has 0 N–H and O–H groups in total. The molecule has 0 fully saturated rings. The first-order chi connectivity index (χ1) is 27.7. The molecule has 2 aliphatic rings. The van der Waals surface area contributed by atoms with Crippen molar-refractivity contribution in [3.05, 3.63) is 215 Å². The largest absolute Gasteiger partial charge is 0.456 e. The third-order valence-electron chi connectivity index (χ3n) is 11.7. The molecular formula is C52H32N2OS. The Kier molecular flexibility index (Phi) is 6.78. The minimum atomic E-state index is -0.616. The van der Waals surface area contributed by atoms with Crippen LogP contribution in [-0.2, 0) is 5.41 Å². The number of rotatable bonds is 3. The molecule has 262 valence electrons. The fourth-order valence-electron chi connectivity index (χ4n) is 9.23. The van der Waals surface area contributed by atoms with Gasteiger partial charge in [-0.1, -0.05) is 151 Å².